The molecule has 0 aliphatic rings. The first-order valence-electron chi connectivity index (χ1n) is 3.73. The molecule has 0 saturated carbocycles. The minimum Gasteiger partial charge on any atom is -0.390 e. The van der Waals surface area contributed by atoms with Crippen LogP contribution in [-0.2, 0) is 11.3 Å². The van der Waals surface area contributed by atoms with E-state index >= 15 is 0 Å². The average Bonchev–Trinajstić information content (AvgIpc) is 2.62. The molecule has 0 radical (unpaired) electrons. The van der Waals surface area contributed by atoms with Crippen LogP contribution in [0.25, 0.3) is 0 Å². The Morgan fingerprint density at radius 1 is 1.79 bits per heavy atom. The van der Waals surface area contributed by atoms with E-state index in [1.54, 1.807) is 0 Å². The van der Waals surface area contributed by atoms with E-state index in [0.717, 1.165) is 0 Å². The zero-order valence-corrected chi connectivity index (χ0v) is 7.08. The summed E-state index contributed by atoms with van der Waals surface area (Å²) in [5.74, 6) is -0.927. The first-order valence-corrected chi connectivity index (χ1v) is 3.73. The number of carbonyl (C=O) groups excluding carboxylic acids is 1. The first-order chi connectivity index (χ1) is 6.65. The van der Waals surface area contributed by atoms with E-state index in [4.69, 9.17) is 5.21 Å². The first kappa shape index (κ1) is 10.1. The molecule has 0 bridgehead atoms. The maximum absolute atomic E-state index is 10.6. The van der Waals surface area contributed by atoms with Crippen LogP contribution in [0, 0.1) is 10.1 Å². The summed E-state index contributed by atoms with van der Waals surface area (Å²) in [7, 11) is 0. The third-order valence-corrected chi connectivity index (χ3v) is 1.56. The van der Waals surface area contributed by atoms with Gasteiger partial charge < -0.3 is 10.1 Å². The van der Waals surface area contributed by atoms with Crippen LogP contribution in [0.2, 0.25) is 0 Å². The van der Waals surface area contributed by atoms with Crippen molar-refractivity contribution in [1.29, 1.82) is 0 Å². The van der Waals surface area contributed by atoms with Gasteiger partial charge in [-0.25, -0.2) is 10.0 Å². The highest BCUT2D eigenvalue weighted by Gasteiger charge is 2.14. The number of nitrogens with one attached hydrogen (secondary N) is 1. The Morgan fingerprint density at radius 2 is 2.50 bits per heavy atom. The van der Waals surface area contributed by atoms with Crippen molar-refractivity contribution in [3.05, 3.63) is 22.5 Å². The van der Waals surface area contributed by atoms with E-state index < -0.39 is 10.8 Å². The molecule has 14 heavy (non-hydrogen) atoms. The summed E-state index contributed by atoms with van der Waals surface area (Å²) in [5, 5.41) is 18.6. The Bertz CT molecular complexity index is 347. The minimum absolute atomic E-state index is 0.0479. The Hall–Kier alpha value is -1.96. The van der Waals surface area contributed by atoms with Crippen molar-refractivity contribution in [2.24, 2.45) is 0 Å². The quantitative estimate of drug-likeness (QED) is 0.393. The van der Waals surface area contributed by atoms with Gasteiger partial charge in [-0.15, -0.1) is 0 Å². The molecule has 0 saturated heterocycles. The number of hydrogen-bond donors (Lipinski definition) is 2. The van der Waals surface area contributed by atoms with Gasteiger partial charge in [0.15, 0.2) is 0 Å². The normalized spacial score (nSPS) is 9.79. The number of aryl methyl sites for hydroxylation is 1. The van der Waals surface area contributed by atoms with Crippen molar-refractivity contribution >= 4 is 11.9 Å². The van der Waals surface area contributed by atoms with Crippen molar-refractivity contribution in [3.63, 3.8) is 0 Å². The second-order valence-electron chi connectivity index (χ2n) is 2.46. The molecule has 8 nitrogen and oxygen atoms in total. The maximum Gasteiger partial charge on any atom is 0.434 e. The number of aromatic nitrogens is 2. The Morgan fingerprint density at radius 3 is 3.07 bits per heavy atom. The molecule has 0 aliphatic heterocycles. The van der Waals surface area contributed by atoms with Crippen molar-refractivity contribution in [2.75, 3.05) is 0 Å². The lowest BCUT2D eigenvalue weighted by molar-refractivity contribution is -0.396. The molecule has 0 aliphatic carbocycles. The molecule has 1 amide bonds. The van der Waals surface area contributed by atoms with Crippen molar-refractivity contribution < 1.29 is 14.9 Å². The number of nitrogens with zero attached hydrogens (tertiary/aromatic N) is 3. The highest BCUT2D eigenvalue weighted by Crippen LogP contribution is 2.07. The molecule has 0 spiro atoms. The van der Waals surface area contributed by atoms with Crippen LogP contribution in [0.15, 0.2) is 12.4 Å². The van der Waals surface area contributed by atoms with Gasteiger partial charge in [0.1, 0.15) is 12.4 Å². The summed E-state index contributed by atoms with van der Waals surface area (Å²) < 4.78 is 1.22. The number of rotatable bonds is 4. The number of nitro groups is 1. The van der Waals surface area contributed by atoms with Crippen LogP contribution in [-0.4, -0.2) is 25.6 Å². The van der Waals surface area contributed by atoms with Gasteiger partial charge in [0.05, 0.1) is 13.0 Å². The standard InChI is InChI=1S/C6H8N4O4/c11-5(8-12)1-3-9-4-2-7-6(9)10(13)14/h2,4,12H,1,3H2,(H,8,11). The molecule has 76 valence electrons. The predicted octanol–water partition coefficient (Wildman–Crippen LogP) is -0.313. The van der Waals surface area contributed by atoms with Crippen molar-refractivity contribution in [1.82, 2.24) is 15.0 Å². The van der Waals surface area contributed by atoms with E-state index in [0.29, 0.717) is 0 Å². The lowest BCUT2D eigenvalue weighted by atomic mass is 10.4. The van der Waals surface area contributed by atoms with Gasteiger partial charge in [0.2, 0.25) is 5.91 Å². The fourth-order valence-corrected chi connectivity index (χ4v) is 0.926. The van der Waals surface area contributed by atoms with Gasteiger partial charge in [0.25, 0.3) is 0 Å². The van der Waals surface area contributed by atoms with Gasteiger partial charge in [-0.05, 0) is 4.92 Å². The monoisotopic (exact) mass is 200 g/mol. The smallest absolute Gasteiger partial charge is 0.390 e. The number of hydroxylamine groups is 1. The van der Waals surface area contributed by atoms with Crippen LogP contribution >= 0.6 is 0 Å². The second-order valence-corrected chi connectivity index (χ2v) is 2.46. The molecule has 8 heteroatoms. The van der Waals surface area contributed by atoms with E-state index in [9.17, 15) is 14.9 Å². The van der Waals surface area contributed by atoms with E-state index in [2.05, 4.69) is 4.98 Å². The Balaban J connectivity index is 2.63. The molecule has 1 aromatic heterocycles. The minimum atomic E-state index is -0.642. The summed E-state index contributed by atoms with van der Waals surface area (Å²) in [5.41, 5.74) is 1.43. The molecule has 0 fully saturated rings. The third kappa shape index (κ3) is 2.26. The summed E-state index contributed by atoms with van der Waals surface area (Å²) in [6, 6.07) is 0. The molecule has 0 aromatic carbocycles. The van der Waals surface area contributed by atoms with Crippen LogP contribution in [0.1, 0.15) is 6.42 Å². The molecule has 0 unspecified atom stereocenters. The van der Waals surface area contributed by atoms with Gasteiger partial charge in [0, 0.05) is 0 Å². The zero-order valence-electron chi connectivity index (χ0n) is 7.08. The maximum atomic E-state index is 10.6. The van der Waals surface area contributed by atoms with Crippen LogP contribution in [0.3, 0.4) is 0 Å². The zero-order chi connectivity index (χ0) is 10.6. The molecule has 1 heterocycles. The summed E-state index contributed by atoms with van der Waals surface area (Å²) in [4.78, 5) is 23.8. The fraction of sp³-hybridized carbons (Fsp3) is 0.333. The number of carbonyl (C=O) groups is 1. The predicted molar refractivity (Wildman–Crippen MR) is 43.4 cm³/mol. The number of imidazole rings is 1. The van der Waals surface area contributed by atoms with Crippen LogP contribution in [0.5, 0.6) is 0 Å². The Kier molecular flexibility index (Phi) is 3.13. The van der Waals surface area contributed by atoms with Crippen molar-refractivity contribution in [2.45, 2.75) is 13.0 Å². The Labute approximate surface area is 78.3 Å². The van der Waals surface area contributed by atoms with Gasteiger partial charge >= 0.3 is 5.95 Å². The molecule has 1 aromatic rings. The largest absolute Gasteiger partial charge is 0.434 e. The van der Waals surface area contributed by atoms with E-state index in [1.807, 2.05) is 0 Å². The number of amides is 1. The molecule has 2 N–H and O–H groups in total. The highest BCUT2D eigenvalue weighted by atomic mass is 16.6. The molecular formula is C6H8N4O4. The van der Waals surface area contributed by atoms with Gasteiger partial charge in [-0.2, -0.15) is 0 Å². The van der Waals surface area contributed by atoms with Gasteiger partial charge in [-0.3, -0.25) is 10.0 Å². The number of hydrogen-bond acceptors (Lipinski definition) is 5. The summed E-state index contributed by atoms with van der Waals surface area (Å²) in [6.45, 7) is 0.0999. The van der Waals surface area contributed by atoms with E-state index in [1.165, 1.54) is 22.4 Å². The van der Waals surface area contributed by atoms with Crippen molar-refractivity contribution in [3.8, 4) is 0 Å². The molecule has 0 atom stereocenters. The second kappa shape index (κ2) is 4.33. The summed E-state index contributed by atoms with van der Waals surface area (Å²) >= 11 is 0. The SMILES string of the molecule is O=C(CCn1ccnc1[N+](=O)[O-])NO. The molecule has 1 rings (SSSR count). The molecular weight excluding hydrogens is 192 g/mol. The van der Waals surface area contributed by atoms with Crippen LogP contribution < -0.4 is 5.48 Å². The topological polar surface area (TPSA) is 110 Å². The average molecular weight is 200 g/mol. The van der Waals surface area contributed by atoms with Gasteiger partial charge in [-0.1, -0.05) is 4.98 Å². The highest BCUT2D eigenvalue weighted by molar-refractivity contribution is 5.74. The van der Waals surface area contributed by atoms with E-state index in [-0.39, 0.29) is 18.9 Å². The van der Waals surface area contributed by atoms with Crippen LogP contribution in [0.4, 0.5) is 5.95 Å². The fourth-order valence-electron chi connectivity index (χ4n) is 0.926. The lowest BCUT2D eigenvalue weighted by Gasteiger charge is -1.99. The lowest BCUT2D eigenvalue weighted by Crippen LogP contribution is -2.20. The summed E-state index contributed by atoms with van der Waals surface area (Å²) in [6.07, 6.45) is 2.62. The third-order valence-electron chi connectivity index (χ3n) is 1.56.